The summed E-state index contributed by atoms with van der Waals surface area (Å²) in [7, 11) is -3.86. The molecule has 1 unspecified atom stereocenters. The number of rotatable bonds is 5. The maximum Gasteiger partial charge on any atom is 0.343 e. The number of sulfonamides is 1. The molecule has 3 aromatic rings. The summed E-state index contributed by atoms with van der Waals surface area (Å²) in [6.07, 6.45) is 7.33. The van der Waals surface area contributed by atoms with Gasteiger partial charge in [0.1, 0.15) is 11.5 Å². The molecule has 0 fully saturated rings. The number of hydrogen-bond acceptors (Lipinski definition) is 6. The van der Waals surface area contributed by atoms with Crippen molar-refractivity contribution in [2.24, 2.45) is 0 Å². The van der Waals surface area contributed by atoms with E-state index in [-0.39, 0.29) is 16.2 Å². The van der Waals surface area contributed by atoms with Crippen LogP contribution in [0.5, 0.6) is 5.75 Å². The van der Waals surface area contributed by atoms with Crippen LogP contribution in [0.3, 0.4) is 0 Å². The van der Waals surface area contributed by atoms with E-state index in [2.05, 4.69) is 0 Å². The maximum absolute atomic E-state index is 13.6. The van der Waals surface area contributed by atoms with Crippen molar-refractivity contribution in [1.82, 2.24) is 0 Å². The van der Waals surface area contributed by atoms with Crippen molar-refractivity contribution in [3.05, 3.63) is 86.5 Å². The first-order valence-electron chi connectivity index (χ1n) is 13.4. The molecule has 0 saturated carbocycles. The van der Waals surface area contributed by atoms with Crippen molar-refractivity contribution in [2.45, 2.75) is 75.5 Å². The number of anilines is 1. The van der Waals surface area contributed by atoms with E-state index in [1.807, 2.05) is 31.2 Å². The van der Waals surface area contributed by atoms with Crippen LogP contribution in [0.4, 0.5) is 5.69 Å². The smallest absolute Gasteiger partial charge is 0.343 e. The molecule has 2 heterocycles. The molecule has 2 aromatic carbocycles. The Morgan fingerprint density at radius 1 is 1.03 bits per heavy atom. The summed E-state index contributed by atoms with van der Waals surface area (Å²) < 4.78 is 34.5. The van der Waals surface area contributed by atoms with Crippen LogP contribution in [0.15, 0.2) is 56.6 Å². The summed E-state index contributed by atoms with van der Waals surface area (Å²) in [6, 6.07) is 13.7. The highest BCUT2D eigenvalue weighted by molar-refractivity contribution is 7.92. The normalized spacial score (nSPS) is 16.5. The van der Waals surface area contributed by atoms with E-state index in [4.69, 9.17) is 9.68 Å². The summed E-state index contributed by atoms with van der Waals surface area (Å²) in [4.78, 5) is 13.3. The molecule has 2 aliphatic rings. The largest absolute Gasteiger partial charge is 0.507 e. The molecule has 0 bridgehead atoms. The standard InChI is InChI=1S/C30H32N2O5S/c1-2-24(28-29(33)25-9-5-3-4-6-10-27(25)37-30(28)34)22-14-13-21-8-7-17-32(26(21)18-22)38(35,36)23-15-11-20(19-31)12-16-23/h11-16,18,24,33H,2-10,17H2,1H3. The maximum atomic E-state index is 13.6. The summed E-state index contributed by atoms with van der Waals surface area (Å²) >= 11 is 0. The highest BCUT2D eigenvalue weighted by Crippen LogP contribution is 2.40. The average Bonchev–Trinajstić information content (AvgIpc) is 2.91. The lowest BCUT2D eigenvalue weighted by atomic mass is 9.85. The van der Waals surface area contributed by atoms with Gasteiger partial charge >= 0.3 is 5.63 Å². The molecule has 38 heavy (non-hydrogen) atoms. The lowest BCUT2D eigenvalue weighted by molar-refractivity contribution is 0.384. The number of nitriles is 1. The fraction of sp³-hybridized carbons (Fsp3) is 0.400. The quantitative estimate of drug-likeness (QED) is 0.461. The molecule has 1 aliphatic heterocycles. The van der Waals surface area contributed by atoms with Gasteiger partial charge in [-0.3, -0.25) is 4.31 Å². The molecular formula is C30H32N2O5S. The van der Waals surface area contributed by atoms with Crippen molar-refractivity contribution >= 4 is 15.7 Å². The van der Waals surface area contributed by atoms with Crippen LogP contribution in [0, 0.1) is 11.3 Å². The molecule has 5 rings (SSSR count). The topological polar surface area (TPSA) is 112 Å². The number of aromatic hydroxyl groups is 1. The van der Waals surface area contributed by atoms with Crippen molar-refractivity contribution in [3.8, 4) is 11.8 Å². The van der Waals surface area contributed by atoms with Crippen LogP contribution in [0.2, 0.25) is 0 Å². The first-order chi connectivity index (χ1) is 18.3. The Bertz CT molecular complexity index is 1550. The highest BCUT2D eigenvalue weighted by atomic mass is 32.2. The predicted molar refractivity (Wildman–Crippen MR) is 145 cm³/mol. The molecular weight excluding hydrogens is 500 g/mol. The Labute approximate surface area is 223 Å². The van der Waals surface area contributed by atoms with E-state index >= 15 is 0 Å². The summed E-state index contributed by atoms with van der Waals surface area (Å²) in [5.74, 6) is 0.189. The number of aryl methyl sites for hydroxylation is 2. The van der Waals surface area contributed by atoms with E-state index in [1.165, 1.54) is 28.6 Å². The lowest BCUT2D eigenvalue weighted by Gasteiger charge is -2.31. The van der Waals surface area contributed by atoms with Crippen molar-refractivity contribution in [2.75, 3.05) is 10.8 Å². The van der Waals surface area contributed by atoms with Gasteiger partial charge in [0.05, 0.1) is 27.8 Å². The minimum atomic E-state index is -3.86. The lowest BCUT2D eigenvalue weighted by Crippen LogP contribution is -2.35. The predicted octanol–water partition coefficient (Wildman–Crippen LogP) is 5.56. The van der Waals surface area contributed by atoms with Crippen LogP contribution >= 0.6 is 0 Å². The van der Waals surface area contributed by atoms with Crippen LogP contribution in [-0.4, -0.2) is 20.1 Å². The fourth-order valence-corrected chi connectivity index (χ4v) is 7.32. The van der Waals surface area contributed by atoms with Crippen molar-refractivity contribution < 1.29 is 17.9 Å². The third-order valence-electron chi connectivity index (χ3n) is 7.81. The van der Waals surface area contributed by atoms with Crippen molar-refractivity contribution in [1.29, 1.82) is 5.26 Å². The first-order valence-corrected chi connectivity index (χ1v) is 14.8. The van der Waals surface area contributed by atoms with Gasteiger partial charge < -0.3 is 9.52 Å². The third-order valence-corrected chi connectivity index (χ3v) is 9.64. The van der Waals surface area contributed by atoms with Gasteiger partial charge in [-0.15, -0.1) is 0 Å². The molecule has 1 N–H and O–H groups in total. The average molecular weight is 533 g/mol. The van der Waals surface area contributed by atoms with Gasteiger partial charge in [0, 0.05) is 24.4 Å². The second-order valence-corrected chi connectivity index (χ2v) is 12.0. The molecule has 0 amide bonds. The highest BCUT2D eigenvalue weighted by Gasteiger charge is 2.32. The summed E-state index contributed by atoms with van der Waals surface area (Å²) in [6.45, 7) is 2.28. The van der Waals surface area contributed by atoms with E-state index in [1.54, 1.807) is 0 Å². The number of fused-ring (bicyclic) bond motifs is 2. The third kappa shape index (κ3) is 4.71. The van der Waals surface area contributed by atoms with Gasteiger partial charge in [0.25, 0.3) is 10.0 Å². The van der Waals surface area contributed by atoms with Crippen molar-refractivity contribution in [3.63, 3.8) is 0 Å². The Hall–Kier alpha value is -3.57. The van der Waals surface area contributed by atoms with E-state index in [0.717, 1.165) is 48.8 Å². The zero-order chi connectivity index (χ0) is 26.9. The number of benzene rings is 2. The minimum absolute atomic E-state index is 0.0322. The fourth-order valence-electron chi connectivity index (χ4n) is 5.79. The minimum Gasteiger partial charge on any atom is -0.507 e. The number of nitrogens with zero attached hydrogens (tertiary/aromatic N) is 2. The van der Waals surface area contributed by atoms with Gasteiger partial charge in [0.2, 0.25) is 0 Å². The first kappa shape index (κ1) is 26.1. The van der Waals surface area contributed by atoms with Gasteiger partial charge in [-0.05, 0) is 80.0 Å². The second kappa shape index (κ2) is 10.7. The monoisotopic (exact) mass is 532 g/mol. The zero-order valence-corrected chi connectivity index (χ0v) is 22.4. The SMILES string of the molecule is CCC(c1ccc2c(c1)N(S(=O)(=O)c1ccc(C#N)cc1)CCC2)c1c(O)c2c(oc1=O)CCCCCC2. The van der Waals surface area contributed by atoms with Gasteiger partial charge in [-0.25, -0.2) is 13.2 Å². The van der Waals surface area contributed by atoms with Gasteiger partial charge in [-0.2, -0.15) is 5.26 Å². The molecule has 0 saturated heterocycles. The Morgan fingerprint density at radius 3 is 2.47 bits per heavy atom. The van der Waals surface area contributed by atoms with E-state index in [9.17, 15) is 18.3 Å². The zero-order valence-electron chi connectivity index (χ0n) is 21.6. The molecule has 1 aromatic heterocycles. The summed E-state index contributed by atoms with van der Waals surface area (Å²) in [5.41, 5.74) is 3.14. The van der Waals surface area contributed by atoms with E-state index < -0.39 is 21.6 Å². The van der Waals surface area contributed by atoms with Gasteiger partial charge in [0.15, 0.2) is 0 Å². The molecule has 1 aliphatic carbocycles. The Kier molecular flexibility index (Phi) is 7.31. The van der Waals surface area contributed by atoms with Crippen LogP contribution in [0.25, 0.3) is 0 Å². The molecule has 1 atom stereocenters. The molecule has 198 valence electrons. The summed E-state index contributed by atoms with van der Waals surface area (Å²) in [5, 5.41) is 20.4. The van der Waals surface area contributed by atoms with Gasteiger partial charge in [-0.1, -0.05) is 31.9 Å². The molecule has 0 radical (unpaired) electrons. The van der Waals surface area contributed by atoms with Crippen LogP contribution in [-0.2, 0) is 29.3 Å². The van der Waals surface area contributed by atoms with Crippen LogP contribution < -0.4 is 9.93 Å². The van der Waals surface area contributed by atoms with E-state index in [0.29, 0.717) is 49.2 Å². The molecule has 0 spiro atoms. The Balaban J connectivity index is 1.57. The molecule has 7 nitrogen and oxygen atoms in total. The molecule has 8 heteroatoms. The Morgan fingerprint density at radius 2 is 1.76 bits per heavy atom. The van der Waals surface area contributed by atoms with Crippen LogP contribution in [0.1, 0.15) is 84.9 Å². The second-order valence-electron chi connectivity index (χ2n) is 10.1. The number of hydrogen-bond donors (Lipinski definition) is 1.